The van der Waals surface area contributed by atoms with Crippen molar-refractivity contribution >= 4 is 5.69 Å². The van der Waals surface area contributed by atoms with Crippen molar-refractivity contribution in [1.82, 2.24) is 0 Å². The minimum Gasteiger partial charge on any atom is -0.399 e. The van der Waals surface area contributed by atoms with E-state index in [4.69, 9.17) is 5.73 Å². The van der Waals surface area contributed by atoms with Gasteiger partial charge in [-0.3, -0.25) is 0 Å². The molecule has 0 radical (unpaired) electrons. The molecule has 2 aromatic rings. The van der Waals surface area contributed by atoms with E-state index in [1.807, 2.05) is 25.1 Å². The van der Waals surface area contributed by atoms with Gasteiger partial charge >= 0.3 is 0 Å². The summed E-state index contributed by atoms with van der Waals surface area (Å²) < 4.78 is 13.2. The van der Waals surface area contributed by atoms with Gasteiger partial charge in [-0.2, -0.15) is 0 Å². The van der Waals surface area contributed by atoms with Crippen LogP contribution in [0.2, 0.25) is 0 Å². The van der Waals surface area contributed by atoms with Crippen molar-refractivity contribution in [1.29, 1.82) is 0 Å². The van der Waals surface area contributed by atoms with Gasteiger partial charge in [-0.05, 0) is 66.3 Å². The average Bonchev–Trinajstić information content (AvgIpc) is 2.70. The molecule has 3 heteroatoms. The fourth-order valence-electron chi connectivity index (χ4n) is 3.11. The van der Waals surface area contributed by atoms with Crippen LogP contribution in [0, 0.1) is 12.7 Å². The fourth-order valence-corrected chi connectivity index (χ4v) is 3.11. The Morgan fingerprint density at radius 1 is 1.25 bits per heavy atom. The molecule has 3 rings (SSSR count). The van der Waals surface area contributed by atoms with E-state index in [0.29, 0.717) is 12.8 Å². The molecular weight excluding hydrogens is 253 g/mol. The Bertz CT molecular complexity index is 668. The Hall–Kier alpha value is -1.87. The summed E-state index contributed by atoms with van der Waals surface area (Å²) in [6, 6.07) is 10.4. The summed E-state index contributed by atoms with van der Waals surface area (Å²) in [5, 5.41) is 10.9. The molecule has 0 aliphatic heterocycles. The highest BCUT2D eigenvalue weighted by atomic mass is 19.1. The number of aryl methyl sites for hydroxylation is 2. The van der Waals surface area contributed by atoms with E-state index in [0.717, 1.165) is 34.4 Å². The SMILES string of the molecule is Cc1cc(F)ccc1CC1(O)CCc2cc(N)ccc21. The van der Waals surface area contributed by atoms with Crippen LogP contribution in [0.3, 0.4) is 0 Å². The molecule has 0 saturated heterocycles. The van der Waals surface area contributed by atoms with Crippen molar-refractivity contribution in [3.05, 3.63) is 64.5 Å². The highest BCUT2D eigenvalue weighted by Crippen LogP contribution is 2.40. The highest BCUT2D eigenvalue weighted by molar-refractivity contribution is 5.49. The first-order valence-corrected chi connectivity index (χ1v) is 6.84. The fraction of sp³-hybridized carbons (Fsp3) is 0.294. The molecule has 2 aromatic carbocycles. The van der Waals surface area contributed by atoms with Gasteiger partial charge in [0.1, 0.15) is 5.82 Å². The van der Waals surface area contributed by atoms with E-state index in [1.54, 1.807) is 6.07 Å². The largest absolute Gasteiger partial charge is 0.399 e. The van der Waals surface area contributed by atoms with Gasteiger partial charge in [0.25, 0.3) is 0 Å². The number of fused-ring (bicyclic) bond motifs is 1. The molecule has 0 saturated carbocycles. The normalized spacial score (nSPS) is 20.9. The molecule has 0 amide bonds. The van der Waals surface area contributed by atoms with Crippen molar-refractivity contribution in [3.63, 3.8) is 0 Å². The number of halogens is 1. The number of hydrogen-bond acceptors (Lipinski definition) is 2. The molecular formula is C17H18FNO. The Kier molecular flexibility index (Phi) is 3.02. The van der Waals surface area contributed by atoms with Gasteiger partial charge < -0.3 is 10.8 Å². The van der Waals surface area contributed by atoms with Crippen LogP contribution in [0.15, 0.2) is 36.4 Å². The van der Waals surface area contributed by atoms with Crippen LogP contribution in [0.1, 0.15) is 28.7 Å². The third-order valence-electron chi connectivity index (χ3n) is 4.23. The van der Waals surface area contributed by atoms with Gasteiger partial charge in [-0.15, -0.1) is 0 Å². The molecule has 0 fully saturated rings. The third-order valence-corrected chi connectivity index (χ3v) is 4.23. The first-order chi connectivity index (χ1) is 9.48. The number of nitrogens with two attached hydrogens (primary N) is 1. The molecule has 0 bridgehead atoms. The zero-order valence-corrected chi connectivity index (χ0v) is 11.5. The molecule has 1 atom stereocenters. The summed E-state index contributed by atoms with van der Waals surface area (Å²) in [4.78, 5) is 0. The number of hydrogen-bond donors (Lipinski definition) is 2. The maximum absolute atomic E-state index is 13.2. The lowest BCUT2D eigenvalue weighted by Gasteiger charge is -2.25. The van der Waals surface area contributed by atoms with Crippen LogP contribution in [0.5, 0.6) is 0 Å². The van der Waals surface area contributed by atoms with Crippen molar-refractivity contribution in [2.45, 2.75) is 31.8 Å². The molecule has 0 heterocycles. The Labute approximate surface area is 118 Å². The van der Waals surface area contributed by atoms with Gasteiger partial charge in [-0.25, -0.2) is 4.39 Å². The van der Waals surface area contributed by atoms with E-state index in [9.17, 15) is 9.50 Å². The molecule has 0 aromatic heterocycles. The van der Waals surface area contributed by atoms with E-state index in [1.165, 1.54) is 12.1 Å². The summed E-state index contributed by atoms with van der Waals surface area (Å²) in [6.07, 6.45) is 2.02. The van der Waals surface area contributed by atoms with E-state index < -0.39 is 5.60 Å². The highest BCUT2D eigenvalue weighted by Gasteiger charge is 2.36. The van der Waals surface area contributed by atoms with E-state index in [-0.39, 0.29) is 5.82 Å². The van der Waals surface area contributed by atoms with Crippen molar-refractivity contribution in [2.75, 3.05) is 5.73 Å². The summed E-state index contributed by atoms with van der Waals surface area (Å²) in [5.41, 5.74) is 9.58. The molecule has 1 aliphatic rings. The maximum Gasteiger partial charge on any atom is 0.123 e. The Morgan fingerprint density at radius 2 is 2.05 bits per heavy atom. The monoisotopic (exact) mass is 271 g/mol. The minimum atomic E-state index is -0.869. The predicted molar refractivity (Wildman–Crippen MR) is 77.9 cm³/mol. The van der Waals surface area contributed by atoms with Gasteiger partial charge in [-0.1, -0.05) is 12.1 Å². The number of aliphatic hydroxyl groups is 1. The summed E-state index contributed by atoms with van der Waals surface area (Å²) in [6.45, 7) is 1.88. The third kappa shape index (κ3) is 2.18. The lowest BCUT2D eigenvalue weighted by Crippen LogP contribution is -2.25. The van der Waals surface area contributed by atoms with Crippen LogP contribution in [-0.4, -0.2) is 5.11 Å². The minimum absolute atomic E-state index is 0.238. The summed E-state index contributed by atoms with van der Waals surface area (Å²) >= 11 is 0. The van der Waals surface area contributed by atoms with Gasteiger partial charge in [0, 0.05) is 12.1 Å². The first kappa shape index (κ1) is 13.1. The van der Waals surface area contributed by atoms with Crippen molar-refractivity contribution in [3.8, 4) is 0 Å². The Balaban J connectivity index is 1.96. The van der Waals surface area contributed by atoms with Gasteiger partial charge in [0.05, 0.1) is 5.60 Å². The van der Waals surface area contributed by atoms with Crippen molar-refractivity contribution in [2.24, 2.45) is 0 Å². The average molecular weight is 271 g/mol. The lowest BCUT2D eigenvalue weighted by atomic mass is 9.87. The van der Waals surface area contributed by atoms with E-state index in [2.05, 4.69) is 0 Å². The second-order valence-electron chi connectivity index (χ2n) is 5.70. The topological polar surface area (TPSA) is 46.2 Å². The molecule has 104 valence electrons. The molecule has 3 N–H and O–H groups in total. The number of nitrogen functional groups attached to an aromatic ring is 1. The summed E-state index contributed by atoms with van der Waals surface area (Å²) in [7, 11) is 0. The first-order valence-electron chi connectivity index (χ1n) is 6.84. The zero-order valence-electron chi connectivity index (χ0n) is 11.5. The Morgan fingerprint density at radius 3 is 2.80 bits per heavy atom. The zero-order chi connectivity index (χ0) is 14.3. The molecule has 0 spiro atoms. The second kappa shape index (κ2) is 4.60. The van der Waals surface area contributed by atoms with Gasteiger partial charge in [0.15, 0.2) is 0 Å². The molecule has 1 aliphatic carbocycles. The van der Waals surface area contributed by atoms with Crippen LogP contribution < -0.4 is 5.73 Å². The van der Waals surface area contributed by atoms with Crippen molar-refractivity contribution < 1.29 is 9.50 Å². The van der Waals surface area contributed by atoms with Crippen LogP contribution in [0.4, 0.5) is 10.1 Å². The predicted octanol–water partition coefficient (Wildman–Crippen LogP) is 3.09. The molecule has 1 unspecified atom stereocenters. The quantitative estimate of drug-likeness (QED) is 0.824. The summed E-state index contributed by atoms with van der Waals surface area (Å²) in [5.74, 6) is -0.238. The van der Waals surface area contributed by atoms with Crippen LogP contribution in [-0.2, 0) is 18.4 Å². The van der Waals surface area contributed by atoms with E-state index >= 15 is 0 Å². The molecule has 2 nitrogen and oxygen atoms in total. The second-order valence-corrected chi connectivity index (χ2v) is 5.70. The van der Waals surface area contributed by atoms with Crippen LogP contribution in [0.25, 0.3) is 0 Å². The standard InChI is InChI=1S/C17H18FNO/c1-11-8-14(18)3-2-13(11)10-17(20)7-6-12-9-15(19)4-5-16(12)17/h2-5,8-9,20H,6-7,10,19H2,1H3. The molecule has 20 heavy (non-hydrogen) atoms. The number of rotatable bonds is 2. The van der Waals surface area contributed by atoms with Crippen LogP contribution >= 0.6 is 0 Å². The maximum atomic E-state index is 13.2. The number of anilines is 1. The smallest absolute Gasteiger partial charge is 0.123 e. The number of benzene rings is 2. The lowest BCUT2D eigenvalue weighted by molar-refractivity contribution is 0.0388. The van der Waals surface area contributed by atoms with Gasteiger partial charge in [0.2, 0.25) is 0 Å².